The van der Waals surface area contributed by atoms with Crippen LogP contribution in [0.4, 0.5) is 6.01 Å². The van der Waals surface area contributed by atoms with E-state index in [1.807, 2.05) is 0 Å². The van der Waals surface area contributed by atoms with Crippen molar-refractivity contribution in [1.82, 2.24) is 15.5 Å². The predicted octanol–water partition coefficient (Wildman–Crippen LogP) is 1.39. The first-order valence-corrected chi connectivity index (χ1v) is 5.65. The third kappa shape index (κ3) is 3.51. The monoisotopic (exact) mass is 210 g/mol. The van der Waals surface area contributed by atoms with Gasteiger partial charge in [-0.3, -0.25) is 0 Å². The molecule has 5 heteroatoms. The number of nitrogens with one attached hydrogen (secondary N) is 2. The maximum Gasteiger partial charge on any atom is 0.315 e. The lowest BCUT2D eigenvalue weighted by molar-refractivity contribution is 0.476. The SMILES string of the molecule is CCCNCc1nnc(NCC2CC2)o1. The largest absolute Gasteiger partial charge is 0.407 e. The van der Waals surface area contributed by atoms with Crippen molar-refractivity contribution in [3.8, 4) is 0 Å². The molecule has 2 rings (SSSR count). The summed E-state index contributed by atoms with van der Waals surface area (Å²) in [6.07, 6.45) is 3.76. The lowest BCUT2D eigenvalue weighted by Gasteiger charge is -1.98. The second kappa shape index (κ2) is 5.11. The molecule has 1 aliphatic carbocycles. The van der Waals surface area contributed by atoms with Gasteiger partial charge in [0.2, 0.25) is 5.89 Å². The normalized spacial score (nSPS) is 15.5. The van der Waals surface area contributed by atoms with Gasteiger partial charge in [0.05, 0.1) is 6.54 Å². The number of aromatic nitrogens is 2. The van der Waals surface area contributed by atoms with Crippen molar-refractivity contribution < 1.29 is 4.42 Å². The Bertz CT molecular complexity index is 295. The molecule has 0 amide bonds. The van der Waals surface area contributed by atoms with Gasteiger partial charge in [0.1, 0.15) is 0 Å². The van der Waals surface area contributed by atoms with Gasteiger partial charge in [-0.2, -0.15) is 0 Å². The van der Waals surface area contributed by atoms with Gasteiger partial charge >= 0.3 is 6.01 Å². The molecule has 0 saturated heterocycles. The third-order valence-electron chi connectivity index (χ3n) is 2.41. The first-order valence-electron chi connectivity index (χ1n) is 5.65. The zero-order valence-electron chi connectivity index (χ0n) is 9.12. The van der Waals surface area contributed by atoms with Crippen LogP contribution in [0, 0.1) is 5.92 Å². The molecule has 84 valence electrons. The van der Waals surface area contributed by atoms with Crippen molar-refractivity contribution in [2.75, 3.05) is 18.4 Å². The average Bonchev–Trinajstić information content (AvgIpc) is 2.97. The molecule has 1 aromatic heterocycles. The molecule has 5 nitrogen and oxygen atoms in total. The Kier molecular flexibility index (Phi) is 3.55. The number of nitrogens with zero attached hydrogens (tertiary/aromatic N) is 2. The summed E-state index contributed by atoms with van der Waals surface area (Å²) in [5.74, 6) is 1.47. The van der Waals surface area contributed by atoms with Crippen molar-refractivity contribution in [3.05, 3.63) is 5.89 Å². The highest BCUT2D eigenvalue weighted by Crippen LogP contribution is 2.28. The summed E-state index contributed by atoms with van der Waals surface area (Å²) < 4.78 is 5.41. The summed E-state index contributed by atoms with van der Waals surface area (Å²) in [4.78, 5) is 0. The van der Waals surface area contributed by atoms with Gasteiger partial charge in [0.15, 0.2) is 0 Å². The minimum atomic E-state index is 0.551. The Morgan fingerprint density at radius 3 is 3.00 bits per heavy atom. The third-order valence-corrected chi connectivity index (χ3v) is 2.41. The molecular weight excluding hydrogens is 192 g/mol. The molecule has 0 radical (unpaired) electrons. The fraction of sp³-hybridized carbons (Fsp3) is 0.800. The van der Waals surface area contributed by atoms with Gasteiger partial charge in [-0.1, -0.05) is 12.0 Å². The lowest BCUT2D eigenvalue weighted by atomic mass is 10.4. The zero-order chi connectivity index (χ0) is 10.5. The van der Waals surface area contributed by atoms with Crippen LogP contribution in [0.15, 0.2) is 4.42 Å². The minimum Gasteiger partial charge on any atom is -0.407 e. The van der Waals surface area contributed by atoms with Crippen LogP contribution in [0.2, 0.25) is 0 Å². The standard InChI is InChI=1S/C10H18N4O/c1-2-5-11-7-9-13-14-10(15-9)12-6-8-3-4-8/h8,11H,2-7H2,1H3,(H,12,14). The van der Waals surface area contributed by atoms with Crippen LogP contribution in [-0.2, 0) is 6.54 Å². The maximum absolute atomic E-state index is 5.41. The highest BCUT2D eigenvalue weighted by Gasteiger charge is 2.21. The van der Waals surface area contributed by atoms with Crippen LogP contribution >= 0.6 is 0 Å². The van der Waals surface area contributed by atoms with E-state index in [4.69, 9.17) is 4.42 Å². The van der Waals surface area contributed by atoms with Crippen molar-refractivity contribution in [1.29, 1.82) is 0 Å². The van der Waals surface area contributed by atoms with Gasteiger partial charge < -0.3 is 15.1 Å². The van der Waals surface area contributed by atoms with Gasteiger partial charge in [0.25, 0.3) is 0 Å². The Hall–Kier alpha value is -1.10. The molecular formula is C10H18N4O. The molecule has 1 aliphatic rings. The van der Waals surface area contributed by atoms with Crippen molar-refractivity contribution >= 4 is 6.01 Å². The summed E-state index contributed by atoms with van der Waals surface area (Å²) >= 11 is 0. The zero-order valence-corrected chi connectivity index (χ0v) is 9.12. The molecule has 0 aromatic carbocycles. The van der Waals surface area contributed by atoms with Crippen LogP contribution < -0.4 is 10.6 Å². The molecule has 1 fully saturated rings. The van der Waals surface area contributed by atoms with E-state index in [1.54, 1.807) is 0 Å². The van der Waals surface area contributed by atoms with Crippen molar-refractivity contribution in [3.63, 3.8) is 0 Å². The first-order chi connectivity index (χ1) is 7.38. The van der Waals surface area contributed by atoms with E-state index in [9.17, 15) is 0 Å². The van der Waals surface area contributed by atoms with E-state index in [0.717, 1.165) is 25.4 Å². The van der Waals surface area contributed by atoms with Crippen LogP contribution in [0.3, 0.4) is 0 Å². The molecule has 1 aromatic rings. The molecule has 15 heavy (non-hydrogen) atoms. The molecule has 0 unspecified atom stereocenters. The summed E-state index contributed by atoms with van der Waals surface area (Å²) in [6.45, 7) is 4.73. The highest BCUT2D eigenvalue weighted by atomic mass is 16.4. The fourth-order valence-electron chi connectivity index (χ4n) is 1.32. The molecule has 0 bridgehead atoms. The molecule has 1 saturated carbocycles. The van der Waals surface area contributed by atoms with E-state index < -0.39 is 0 Å². The molecule has 0 aliphatic heterocycles. The Labute approximate surface area is 89.6 Å². The lowest BCUT2D eigenvalue weighted by Crippen LogP contribution is -2.13. The van der Waals surface area contributed by atoms with Gasteiger partial charge in [-0.05, 0) is 31.7 Å². The minimum absolute atomic E-state index is 0.551. The smallest absolute Gasteiger partial charge is 0.315 e. The molecule has 1 heterocycles. The van der Waals surface area contributed by atoms with Crippen molar-refractivity contribution in [2.24, 2.45) is 5.92 Å². The van der Waals surface area contributed by atoms with Crippen LogP contribution in [0.25, 0.3) is 0 Å². The van der Waals surface area contributed by atoms with Crippen LogP contribution in [0.1, 0.15) is 32.1 Å². The summed E-state index contributed by atoms with van der Waals surface area (Å²) in [5, 5.41) is 14.2. The van der Waals surface area contributed by atoms with Crippen molar-refractivity contribution in [2.45, 2.75) is 32.7 Å². The maximum atomic E-state index is 5.41. The molecule has 0 spiro atoms. The van der Waals surface area contributed by atoms with Crippen LogP contribution in [-0.4, -0.2) is 23.3 Å². The van der Waals surface area contributed by atoms with Gasteiger partial charge in [-0.25, -0.2) is 0 Å². The predicted molar refractivity (Wildman–Crippen MR) is 57.5 cm³/mol. The van der Waals surface area contributed by atoms with Gasteiger partial charge in [-0.15, -0.1) is 5.10 Å². The van der Waals surface area contributed by atoms with E-state index >= 15 is 0 Å². The second-order valence-electron chi connectivity index (χ2n) is 4.00. The van der Waals surface area contributed by atoms with E-state index in [0.29, 0.717) is 18.5 Å². The van der Waals surface area contributed by atoms with Crippen LogP contribution in [0.5, 0.6) is 0 Å². The number of anilines is 1. The highest BCUT2D eigenvalue weighted by molar-refractivity contribution is 5.17. The Morgan fingerprint density at radius 1 is 1.40 bits per heavy atom. The number of hydrogen-bond acceptors (Lipinski definition) is 5. The molecule has 0 atom stereocenters. The average molecular weight is 210 g/mol. The molecule has 2 N–H and O–H groups in total. The summed E-state index contributed by atoms with van der Waals surface area (Å²) in [6, 6.07) is 0.551. The quantitative estimate of drug-likeness (QED) is 0.666. The number of rotatable bonds is 7. The Morgan fingerprint density at radius 2 is 2.27 bits per heavy atom. The van der Waals surface area contributed by atoms with E-state index in [1.165, 1.54) is 12.8 Å². The topological polar surface area (TPSA) is 63.0 Å². The van der Waals surface area contributed by atoms with E-state index in [-0.39, 0.29) is 0 Å². The number of hydrogen-bond donors (Lipinski definition) is 2. The van der Waals surface area contributed by atoms with Gasteiger partial charge in [0, 0.05) is 6.54 Å². The fourth-order valence-corrected chi connectivity index (χ4v) is 1.32. The summed E-state index contributed by atoms with van der Waals surface area (Å²) in [5.41, 5.74) is 0. The first kappa shape index (κ1) is 10.4. The van der Waals surface area contributed by atoms with E-state index in [2.05, 4.69) is 27.8 Å². The second-order valence-corrected chi connectivity index (χ2v) is 4.00. The summed E-state index contributed by atoms with van der Waals surface area (Å²) in [7, 11) is 0. The Balaban J connectivity index is 1.70.